The number of nitrogens with zero attached hydrogens (tertiary/aromatic N) is 3. The fourth-order valence-corrected chi connectivity index (χ4v) is 4.11. The first-order chi connectivity index (χ1) is 13.5. The van der Waals surface area contributed by atoms with E-state index in [1.54, 1.807) is 6.92 Å². The molecule has 0 fully saturated rings. The minimum absolute atomic E-state index is 0.0397. The van der Waals surface area contributed by atoms with Gasteiger partial charge in [-0.1, -0.05) is 18.5 Å². The minimum Gasteiger partial charge on any atom is -0.365 e. The van der Waals surface area contributed by atoms with Gasteiger partial charge in [-0.25, -0.2) is 4.98 Å². The van der Waals surface area contributed by atoms with E-state index in [0.717, 1.165) is 6.07 Å². The van der Waals surface area contributed by atoms with Gasteiger partial charge in [-0.2, -0.15) is 18.3 Å². The molecule has 0 spiro atoms. The summed E-state index contributed by atoms with van der Waals surface area (Å²) in [4.78, 5) is 28.2. The molecular formula is C17H15ClF3N5O2S. The van der Waals surface area contributed by atoms with E-state index in [0.29, 0.717) is 22.8 Å². The number of carbonyl (C=O) groups is 2. The Balaban J connectivity index is 2.09. The number of primary amides is 1. The van der Waals surface area contributed by atoms with Crippen LogP contribution in [0.4, 0.5) is 18.9 Å². The predicted molar refractivity (Wildman–Crippen MR) is 103 cm³/mol. The number of alkyl halides is 3. The number of amides is 2. The van der Waals surface area contributed by atoms with E-state index in [-0.39, 0.29) is 26.3 Å². The zero-order valence-electron chi connectivity index (χ0n) is 15.2. The number of aryl methyl sites for hydroxylation is 1. The molecule has 2 amide bonds. The lowest BCUT2D eigenvalue weighted by molar-refractivity contribution is -0.141. The summed E-state index contributed by atoms with van der Waals surface area (Å²) in [5.74, 6) is -1.40. The molecule has 3 aromatic rings. The van der Waals surface area contributed by atoms with E-state index < -0.39 is 29.7 Å². The van der Waals surface area contributed by atoms with Crippen LogP contribution in [0.1, 0.15) is 40.3 Å². The van der Waals surface area contributed by atoms with Crippen LogP contribution in [0.3, 0.4) is 0 Å². The van der Waals surface area contributed by atoms with Gasteiger partial charge in [0.25, 0.3) is 5.91 Å². The lowest BCUT2D eigenvalue weighted by Gasteiger charge is -2.16. The number of pyridine rings is 1. The van der Waals surface area contributed by atoms with Crippen LogP contribution >= 0.6 is 22.9 Å². The number of carbonyl (C=O) groups excluding carboxylic acids is 2. The first kappa shape index (κ1) is 21.1. The van der Waals surface area contributed by atoms with Gasteiger partial charge < -0.3 is 11.1 Å². The normalized spacial score (nSPS) is 12.9. The van der Waals surface area contributed by atoms with Gasteiger partial charge >= 0.3 is 6.18 Å². The fourth-order valence-electron chi connectivity index (χ4n) is 2.91. The topological polar surface area (TPSA) is 103 Å². The van der Waals surface area contributed by atoms with Crippen LogP contribution in [0.15, 0.2) is 18.5 Å². The summed E-state index contributed by atoms with van der Waals surface area (Å²) in [6.07, 6.45) is -1.45. The smallest absolute Gasteiger partial charge is 0.365 e. The van der Waals surface area contributed by atoms with E-state index in [9.17, 15) is 22.8 Å². The number of nitrogens with two attached hydrogens (primary N) is 1. The molecule has 0 aliphatic rings. The largest absolute Gasteiger partial charge is 0.433 e. The molecule has 0 radical (unpaired) electrons. The van der Waals surface area contributed by atoms with Gasteiger partial charge in [0.2, 0.25) is 5.91 Å². The third-order valence-corrected chi connectivity index (χ3v) is 5.49. The van der Waals surface area contributed by atoms with Crippen molar-refractivity contribution in [2.24, 2.45) is 5.73 Å². The van der Waals surface area contributed by atoms with Gasteiger partial charge in [0, 0.05) is 11.6 Å². The van der Waals surface area contributed by atoms with Crippen LogP contribution < -0.4 is 11.1 Å². The molecule has 0 saturated carbocycles. The molecule has 12 heteroatoms. The third-order valence-electron chi connectivity index (χ3n) is 4.20. The molecule has 0 aromatic carbocycles. The van der Waals surface area contributed by atoms with E-state index in [2.05, 4.69) is 15.4 Å². The predicted octanol–water partition coefficient (Wildman–Crippen LogP) is 4.16. The zero-order valence-corrected chi connectivity index (χ0v) is 16.7. The number of nitrogens with one attached hydrogen (secondary N) is 1. The van der Waals surface area contributed by atoms with E-state index >= 15 is 0 Å². The van der Waals surface area contributed by atoms with Crippen LogP contribution in [-0.2, 0) is 11.0 Å². The van der Waals surface area contributed by atoms with Gasteiger partial charge in [0.1, 0.15) is 21.4 Å². The van der Waals surface area contributed by atoms with Crippen LogP contribution in [-0.4, -0.2) is 26.6 Å². The summed E-state index contributed by atoms with van der Waals surface area (Å²) in [5.41, 5.74) is 4.54. The molecule has 0 saturated heterocycles. The van der Waals surface area contributed by atoms with Crippen molar-refractivity contribution in [2.75, 3.05) is 5.32 Å². The van der Waals surface area contributed by atoms with Crippen LogP contribution in [0.25, 0.3) is 10.2 Å². The molecule has 0 aliphatic carbocycles. The highest BCUT2D eigenvalue weighted by Crippen LogP contribution is 2.40. The maximum absolute atomic E-state index is 13.1. The lowest BCUT2D eigenvalue weighted by Crippen LogP contribution is -2.27. The van der Waals surface area contributed by atoms with Gasteiger partial charge in [0.15, 0.2) is 0 Å². The number of hydrogen-bond donors (Lipinski definition) is 2. The Labute approximate surface area is 171 Å². The first-order valence-corrected chi connectivity index (χ1v) is 9.54. The first-order valence-electron chi connectivity index (χ1n) is 8.34. The summed E-state index contributed by atoms with van der Waals surface area (Å²) in [6.45, 7) is 3.19. The number of anilines is 1. The van der Waals surface area contributed by atoms with Crippen molar-refractivity contribution in [3.05, 3.63) is 39.6 Å². The average Bonchev–Trinajstić information content (AvgIpc) is 3.19. The number of thiophene rings is 1. The van der Waals surface area contributed by atoms with E-state index in [1.165, 1.54) is 24.0 Å². The molecular weight excluding hydrogens is 431 g/mol. The number of halogens is 4. The standard InChI is InChI=1S/C17H15ClF3N5O2S/c1-3-9(26-6-8(18)5-23-26)15(28)25-12-11-7(2)4-10(17(19,20)21)24-16(11)29-13(12)14(22)27/h4-6,9H,3H2,1-2H3,(H2,22,27)(H,25,28). The van der Waals surface area contributed by atoms with E-state index in [1.807, 2.05) is 0 Å². The third kappa shape index (κ3) is 4.06. The SMILES string of the molecule is CCC(C(=O)Nc1c(C(N)=O)sc2nc(C(F)(F)F)cc(C)c12)n1cc(Cl)cn1. The van der Waals surface area contributed by atoms with Crippen LogP contribution in [0.5, 0.6) is 0 Å². The number of aromatic nitrogens is 3. The Morgan fingerprint density at radius 3 is 2.62 bits per heavy atom. The van der Waals surface area contributed by atoms with Crippen molar-refractivity contribution in [2.45, 2.75) is 32.5 Å². The summed E-state index contributed by atoms with van der Waals surface area (Å²) >= 11 is 6.55. The summed E-state index contributed by atoms with van der Waals surface area (Å²) in [5, 5.41) is 7.21. The second-order valence-electron chi connectivity index (χ2n) is 6.22. The molecule has 29 heavy (non-hydrogen) atoms. The van der Waals surface area contributed by atoms with Crippen molar-refractivity contribution < 1.29 is 22.8 Å². The zero-order chi connectivity index (χ0) is 21.5. The number of hydrogen-bond acceptors (Lipinski definition) is 5. The highest BCUT2D eigenvalue weighted by Gasteiger charge is 2.34. The van der Waals surface area contributed by atoms with Gasteiger partial charge in [-0.15, -0.1) is 11.3 Å². The fraction of sp³-hybridized carbons (Fsp3) is 0.294. The lowest BCUT2D eigenvalue weighted by atomic mass is 10.1. The summed E-state index contributed by atoms with van der Waals surface area (Å²) < 4.78 is 40.6. The molecule has 3 heterocycles. The highest BCUT2D eigenvalue weighted by atomic mass is 35.5. The molecule has 154 valence electrons. The number of rotatable bonds is 5. The molecule has 3 rings (SSSR count). The Kier molecular flexibility index (Phi) is 5.54. The Morgan fingerprint density at radius 1 is 1.41 bits per heavy atom. The second-order valence-corrected chi connectivity index (χ2v) is 7.66. The van der Waals surface area contributed by atoms with Crippen molar-refractivity contribution >= 4 is 50.7 Å². The quantitative estimate of drug-likeness (QED) is 0.615. The Morgan fingerprint density at radius 2 is 2.10 bits per heavy atom. The van der Waals surface area contributed by atoms with Gasteiger partial charge in [-0.3, -0.25) is 14.3 Å². The number of fused-ring (bicyclic) bond motifs is 1. The van der Waals surface area contributed by atoms with Crippen molar-refractivity contribution in [3.63, 3.8) is 0 Å². The monoisotopic (exact) mass is 445 g/mol. The second kappa shape index (κ2) is 7.64. The maximum Gasteiger partial charge on any atom is 0.433 e. The molecule has 7 nitrogen and oxygen atoms in total. The molecule has 3 N–H and O–H groups in total. The van der Waals surface area contributed by atoms with Crippen molar-refractivity contribution in [3.8, 4) is 0 Å². The molecule has 3 aromatic heterocycles. The molecule has 1 unspecified atom stereocenters. The molecule has 0 bridgehead atoms. The Hall–Kier alpha value is -2.66. The minimum atomic E-state index is -4.65. The van der Waals surface area contributed by atoms with Crippen LogP contribution in [0, 0.1) is 6.92 Å². The maximum atomic E-state index is 13.1. The van der Waals surface area contributed by atoms with E-state index in [4.69, 9.17) is 17.3 Å². The Bertz CT molecular complexity index is 1110. The average molecular weight is 446 g/mol. The molecule has 0 aliphatic heterocycles. The van der Waals surface area contributed by atoms with Crippen LogP contribution in [0.2, 0.25) is 5.02 Å². The summed E-state index contributed by atoms with van der Waals surface area (Å²) in [6, 6.07) is 0.112. The van der Waals surface area contributed by atoms with Gasteiger partial charge in [-0.05, 0) is 25.0 Å². The van der Waals surface area contributed by atoms with Crippen molar-refractivity contribution in [1.29, 1.82) is 0 Å². The highest BCUT2D eigenvalue weighted by molar-refractivity contribution is 7.21. The molecule has 1 atom stereocenters. The van der Waals surface area contributed by atoms with Gasteiger partial charge in [0.05, 0.1) is 16.9 Å². The van der Waals surface area contributed by atoms with Crippen molar-refractivity contribution in [1.82, 2.24) is 14.8 Å². The summed E-state index contributed by atoms with van der Waals surface area (Å²) in [7, 11) is 0.